The Bertz CT molecular complexity index is 362. The molecule has 0 spiro atoms. The SMILES string of the molecule is CCc1cccnc1CNCC1CCCC(C)C1. The van der Waals surface area contributed by atoms with Crippen molar-refractivity contribution in [3.63, 3.8) is 0 Å². The first-order valence-electron chi connectivity index (χ1n) is 7.43. The number of aryl methyl sites for hydroxylation is 1. The summed E-state index contributed by atoms with van der Waals surface area (Å²) < 4.78 is 0. The zero-order valence-electron chi connectivity index (χ0n) is 11.8. The van der Waals surface area contributed by atoms with E-state index in [0.717, 1.165) is 31.3 Å². The van der Waals surface area contributed by atoms with Gasteiger partial charge in [-0.2, -0.15) is 0 Å². The van der Waals surface area contributed by atoms with Crippen molar-refractivity contribution in [2.45, 2.75) is 52.5 Å². The summed E-state index contributed by atoms with van der Waals surface area (Å²) in [6, 6.07) is 4.22. The van der Waals surface area contributed by atoms with E-state index in [-0.39, 0.29) is 0 Å². The van der Waals surface area contributed by atoms with E-state index in [9.17, 15) is 0 Å². The van der Waals surface area contributed by atoms with Gasteiger partial charge in [0.15, 0.2) is 0 Å². The Morgan fingerprint density at radius 1 is 1.39 bits per heavy atom. The number of rotatable bonds is 5. The summed E-state index contributed by atoms with van der Waals surface area (Å²) in [6.07, 6.45) is 8.62. The van der Waals surface area contributed by atoms with Gasteiger partial charge >= 0.3 is 0 Å². The summed E-state index contributed by atoms with van der Waals surface area (Å²) in [5.41, 5.74) is 2.60. The van der Waals surface area contributed by atoms with Crippen molar-refractivity contribution in [3.8, 4) is 0 Å². The van der Waals surface area contributed by atoms with Gasteiger partial charge in [-0.3, -0.25) is 4.98 Å². The predicted octanol–water partition coefficient (Wildman–Crippen LogP) is 3.56. The molecule has 0 aromatic carbocycles. The average molecular weight is 246 g/mol. The van der Waals surface area contributed by atoms with Crippen LogP contribution in [-0.4, -0.2) is 11.5 Å². The molecule has 2 nitrogen and oxygen atoms in total. The van der Waals surface area contributed by atoms with Gasteiger partial charge in [0.1, 0.15) is 0 Å². The van der Waals surface area contributed by atoms with Crippen LogP contribution in [0.5, 0.6) is 0 Å². The standard InChI is InChI=1S/C16H26N2/c1-3-15-8-5-9-18-16(15)12-17-11-14-7-4-6-13(2)10-14/h5,8-9,13-14,17H,3-4,6-7,10-12H2,1-2H3. The monoisotopic (exact) mass is 246 g/mol. The van der Waals surface area contributed by atoms with Crippen LogP contribution in [0.1, 0.15) is 50.8 Å². The fourth-order valence-electron chi connectivity index (χ4n) is 3.09. The quantitative estimate of drug-likeness (QED) is 0.859. The molecular weight excluding hydrogens is 220 g/mol. The highest BCUT2D eigenvalue weighted by Gasteiger charge is 2.18. The molecule has 0 aliphatic heterocycles. The highest BCUT2D eigenvalue weighted by molar-refractivity contribution is 5.19. The number of hydrogen-bond donors (Lipinski definition) is 1. The molecular formula is C16H26N2. The van der Waals surface area contributed by atoms with Crippen molar-refractivity contribution in [1.29, 1.82) is 0 Å². The van der Waals surface area contributed by atoms with Crippen LogP contribution < -0.4 is 5.32 Å². The summed E-state index contributed by atoms with van der Waals surface area (Å²) in [4.78, 5) is 4.48. The Balaban J connectivity index is 1.77. The van der Waals surface area contributed by atoms with E-state index in [1.807, 2.05) is 12.3 Å². The maximum absolute atomic E-state index is 4.48. The number of pyridine rings is 1. The maximum atomic E-state index is 4.48. The van der Waals surface area contributed by atoms with E-state index >= 15 is 0 Å². The molecule has 1 aromatic heterocycles. The zero-order valence-corrected chi connectivity index (χ0v) is 11.8. The molecule has 1 N–H and O–H groups in total. The second-order valence-electron chi connectivity index (χ2n) is 5.73. The molecule has 0 bridgehead atoms. The number of hydrogen-bond acceptors (Lipinski definition) is 2. The molecule has 1 heterocycles. The Labute approximate surface area is 111 Å². The third-order valence-electron chi connectivity index (χ3n) is 4.14. The average Bonchev–Trinajstić information content (AvgIpc) is 2.39. The van der Waals surface area contributed by atoms with Gasteiger partial charge < -0.3 is 5.32 Å². The van der Waals surface area contributed by atoms with E-state index in [1.54, 1.807) is 0 Å². The van der Waals surface area contributed by atoms with E-state index in [0.29, 0.717) is 0 Å². The third-order valence-corrected chi connectivity index (χ3v) is 4.14. The van der Waals surface area contributed by atoms with Crippen molar-refractivity contribution >= 4 is 0 Å². The minimum Gasteiger partial charge on any atom is -0.311 e. The van der Waals surface area contributed by atoms with Crippen LogP contribution in [0.3, 0.4) is 0 Å². The topological polar surface area (TPSA) is 24.9 Å². The van der Waals surface area contributed by atoms with Crippen LogP contribution in [0, 0.1) is 11.8 Å². The van der Waals surface area contributed by atoms with Crippen LogP contribution in [0.15, 0.2) is 18.3 Å². The number of aromatic nitrogens is 1. The van der Waals surface area contributed by atoms with E-state index in [4.69, 9.17) is 0 Å². The molecule has 0 saturated heterocycles. The number of nitrogens with zero attached hydrogens (tertiary/aromatic N) is 1. The van der Waals surface area contributed by atoms with Gasteiger partial charge in [0.05, 0.1) is 5.69 Å². The molecule has 2 unspecified atom stereocenters. The smallest absolute Gasteiger partial charge is 0.0573 e. The molecule has 1 saturated carbocycles. The Morgan fingerprint density at radius 2 is 2.28 bits per heavy atom. The molecule has 100 valence electrons. The summed E-state index contributed by atoms with van der Waals surface area (Å²) in [6.45, 7) is 6.67. The summed E-state index contributed by atoms with van der Waals surface area (Å²) in [5, 5.41) is 3.60. The lowest BCUT2D eigenvalue weighted by Gasteiger charge is -2.26. The molecule has 1 aliphatic carbocycles. The lowest BCUT2D eigenvalue weighted by atomic mass is 9.82. The lowest BCUT2D eigenvalue weighted by Crippen LogP contribution is -2.27. The van der Waals surface area contributed by atoms with Crippen LogP contribution >= 0.6 is 0 Å². The van der Waals surface area contributed by atoms with E-state index < -0.39 is 0 Å². The minimum absolute atomic E-state index is 0.877. The highest BCUT2D eigenvalue weighted by Crippen LogP contribution is 2.27. The van der Waals surface area contributed by atoms with Crippen LogP contribution in [-0.2, 0) is 13.0 Å². The fraction of sp³-hybridized carbons (Fsp3) is 0.688. The second kappa shape index (κ2) is 6.89. The van der Waals surface area contributed by atoms with Crippen molar-refractivity contribution in [2.75, 3.05) is 6.54 Å². The van der Waals surface area contributed by atoms with Gasteiger partial charge in [-0.15, -0.1) is 0 Å². The Hall–Kier alpha value is -0.890. The van der Waals surface area contributed by atoms with Gasteiger partial charge in [0, 0.05) is 12.7 Å². The molecule has 1 fully saturated rings. The van der Waals surface area contributed by atoms with E-state index in [1.165, 1.54) is 36.9 Å². The normalized spacial score (nSPS) is 24.1. The van der Waals surface area contributed by atoms with Crippen molar-refractivity contribution in [2.24, 2.45) is 11.8 Å². The maximum Gasteiger partial charge on any atom is 0.0573 e. The first-order chi connectivity index (χ1) is 8.79. The molecule has 1 aromatic rings. The molecule has 18 heavy (non-hydrogen) atoms. The summed E-state index contributed by atoms with van der Waals surface area (Å²) >= 11 is 0. The zero-order chi connectivity index (χ0) is 12.8. The van der Waals surface area contributed by atoms with Crippen LogP contribution in [0.25, 0.3) is 0 Å². The van der Waals surface area contributed by atoms with Crippen LogP contribution in [0.2, 0.25) is 0 Å². The minimum atomic E-state index is 0.877. The van der Waals surface area contributed by atoms with Crippen molar-refractivity contribution < 1.29 is 0 Å². The van der Waals surface area contributed by atoms with Crippen LogP contribution in [0.4, 0.5) is 0 Å². The molecule has 2 atom stereocenters. The van der Waals surface area contributed by atoms with Gasteiger partial charge in [0.2, 0.25) is 0 Å². The largest absolute Gasteiger partial charge is 0.311 e. The first-order valence-corrected chi connectivity index (χ1v) is 7.43. The van der Waals surface area contributed by atoms with Gasteiger partial charge in [0.25, 0.3) is 0 Å². The summed E-state index contributed by atoms with van der Waals surface area (Å²) in [7, 11) is 0. The first kappa shape index (κ1) is 13.5. The van der Waals surface area contributed by atoms with E-state index in [2.05, 4.69) is 30.2 Å². The molecule has 0 amide bonds. The Kier molecular flexibility index (Phi) is 5.18. The van der Waals surface area contributed by atoms with Gasteiger partial charge in [-0.1, -0.05) is 32.8 Å². The fourth-order valence-corrected chi connectivity index (χ4v) is 3.09. The summed E-state index contributed by atoms with van der Waals surface area (Å²) in [5.74, 6) is 1.80. The van der Waals surface area contributed by atoms with Crippen molar-refractivity contribution in [1.82, 2.24) is 10.3 Å². The molecule has 0 radical (unpaired) electrons. The Morgan fingerprint density at radius 3 is 3.06 bits per heavy atom. The van der Waals surface area contributed by atoms with Gasteiger partial charge in [-0.05, 0) is 49.3 Å². The predicted molar refractivity (Wildman–Crippen MR) is 76.4 cm³/mol. The highest BCUT2D eigenvalue weighted by atomic mass is 14.9. The third kappa shape index (κ3) is 3.81. The van der Waals surface area contributed by atoms with Gasteiger partial charge in [-0.25, -0.2) is 0 Å². The second-order valence-corrected chi connectivity index (χ2v) is 5.73. The van der Waals surface area contributed by atoms with Crippen molar-refractivity contribution in [3.05, 3.63) is 29.6 Å². The number of nitrogens with one attached hydrogen (secondary N) is 1. The molecule has 1 aliphatic rings. The lowest BCUT2D eigenvalue weighted by molar-refractivity contribution is 0.274. The molecule has 2 heteroatoms. The molecule has 2 rings (SSSR count).